The predicted octanol–water partition coefficient (Wildman–Crippen LogP) is 2.97. The zero-order valence-electron chi connectivity index (χ0n) is 15.6. The fraction of sp³-hybridized carbons (Fsp3) is 0.450. The molecule has 144 valence electrons. The molecule has 1 saturated heterocycles. The number of nitrogens with zero attached hydrogens (tertiary/aromatic N) is 2. The van der Waals surface area contributed by atoms with E-state index in [9.17, 15) is 9.59 Å². The van der Waals surface area contributed by atoms with Crippen LogP contribution in [0.15, 0.2) is 30.0 Å². The largest absolute Gasteiger partial charge is 0.482 e. The second-order valence-corrected chi connectivity index (χ2v) is 7.14. The quantitative estimate of drug-likeness (QED) is 0.439. The number of likely N-dealkylation sites (N-methyl/N-ethyl adjacent to an activating group) is 1. The first-order valence-corrected chi connectivity index (χ1v) is 9.54. The van der Waals surface area contributed by atoms with E-state index in [2.05, 4.69) is 4.74 Å². The van der Waals surface area contributed by atoms with Gasteiger partial charge >= 0.3 is 5.97 Å². The number of ether oxygens (including phenoxy) is 2. The van der Waals surface area contributed by atoms with Crippen molar-refractivity contribution in [3.05, 3.63) is 35.5 Å². The van der Waals surface area contributed by atoms with Crippen LogP contribution in [0.4, 0.5) is 0 Å². The molecule has 1 aromatic carbocycles. The summed E-state index contributed by atoms with van der Waals surface area (Å²) < 4.78 is 9.88. The second-order valence-electron chi connectivity index (χ2n) is 6.77. The molecule has 0 bridgehead atoms. The van der Waals surface area contributed by atoms with Gasteiger partial charge in [-0.15, -0.1) is 0 Å². The molecule has 0 radical (unpaired) electrons. The maximum Gasteiger partial charge on any atom is 0.343 e. The molecular formula is C20H24N2O4S. The number of rotatable bonds is 5. The summed E-state index contributed by atoms with van der Waals surface area (Å²) in [7, 11) is 3.15. The van der Waals surface area contributed by atoms with Gasteiger partial charge in [-0.25, -0.2) is 4.79 Å². The molecule has 0 spiro atoms. The van der Waals surface area contributed by atoms with Crippen LogP contribution in [0.25, 0.3) is 6.08 Å². The van der Waals surface area contributed by atoms with Crippen LogP contribution in [-0.2, 0) is 14.3 Å². The number of thiocarbonyl (C=S) groups is 1. The summed E-state index contributed by atoms with van der Waals surface area (Å²) in [4.78, 5) is 27.7. The highest BCUT2D eigenvalue weighted by Crippen LogP contribution is 2.30. The maximum absolute atomic E-state index is 13.0. The molecule has 1 aliphatic carbocycles. The highest BCUT2D eigenvalue weighted by Gasteiger charge is 2.40. The normalized spacial score (nSPS) is 19.7. The van der Waals surface area contributed by atoms with Gasteiger partial charge in [0.25, 0.3) is 5.91 Å². The molecule has 7 heteroatoms. The summed E-state index contributed by atoms with van der Waals surface area (Å²) in [6.45, 7) is -0.136. The number of amides is 1. The van der Waals surface area contributed by atoms with E-state index in [1.54, 1.807) is 21.9 Å². The van der Waals surface area contributed by atoms with Crippen molar-refractivity contribution in [3.8, 4) is 5.75 Å². The van der Waals surface area contributed by atoms with Crippen LogP contribution in [0.3, 0.4) is 0 Å². The summed E-state index contributed by atoms with van der Waals surface area (Å²) in [5, 5.41) is 0.580. The minimum Gasteiger partial charge on any atom is -0.482 e. The Bertz CT molecular complexity index is 754. The fourth-order valence-corrected chi connectivity index (χ4v) is 3.79. The molecule has 1 aromatic rings. The van der Waals surface area contributed by atoms with Gasteiger partial charge in [-0.3, -0.25) is 9.69 Å². The molecule has 2 aliphatic rings. The van der Waals surface area contributed by atoms with Gasteiger partial charge in [-0.2, -0.15) is 0 Å². The van der Waals surface area contributed by atoms with E-state index >= 15 is 0 Å². The first kappa shape index (κ1) is 19.4. The molecule has 1 amide bonds. The van der Waals surface area contributed by atoms with E-state index < -0.39 is 5.97 Å². The van der Waals surface area contributed by atoms with E-state index in [4.69, 9.17) is 17.0 Å². The van der Waals surface area contributed by atoms with Gasteiger partial charge in [0.1, 0.15) is 11.4 Å². The molecule has 6 nitrogen and oxygen atoms in total. The summed E-state index contributed by atoms with van der Waals surface area (Å²) in [6, 6.07) is 7.40. The van der Waals surface area contributed by atoms with Crippen LogP contribution in [0, 0.1) is 0 Å². The lowest BCUT2D eigenvalue weighted by molar-refractivity contribution is -0.142. The number of methoxy groups -OCH3 is 1. The number of carbonyl (C=O) groups excluding carboxylic acids is 2. The number of benzene rings is 1. The standard InChI is InChI=1S/C20H24N2O4S/c1-21-17(19(24)22(20(21)27)15-6-4-3-5-7-15)12-14-8-10-16(11-9-14)26-13-18(23)25-2/h8-12,15H,3-7,13H2,1-2H3. The third-order valence-corrected chi connectivity index (χ3v) is 5.47. The molecule has 0 unspecified atom stereocenters. The average Bonchev–Trinajstić information content (AvgIpc) is 2.91. The molecule has 1 heterocycles. The van der Waals surface area contributed by atoms with E-state index in [0.29, 0.717) is 16.6 Å². The van der Waals surface area contributed by atoms with Crippen molar-refractivity contribution < 1.29 is 19.1 Å². The average molecular weight is 388 g/mol. The Morgan fingerprint density at radius 1 is 1.22 bits per heavy atom. The third-order valence-electron chi connectivity index (χ3n) is 5.00. The minimum absolute atomic E-state index is 0.0274. The zero-order valence-corrected chi connectivity index (χ0v) is 16.5. The molecule has 1 saturated carbocycles. The van der Waals surface area contributed by atoms with Crippen molar-refractivity contribution in [3.63, 3.8) is 0 Å². The molecule has 0 atom stereocenters. The Balaban J connectivity index is 1.73. The van der Waals surface area contributed by atoms with Crippen LogP contribution in [0.1, 0.15) is 37.7 Å². The van der Waals surface area contributed by atoms with Crippen LogP contribution >= 0.6 is 12.2 Å². The number of hydrogen-bond donors (Lipinski definition) is 0. The van der Waals surface area contributed by atoms with Crippen LogP contribution in [0.2, 0.25) is 0 Å². The Morgan fingerprint density at radius 3 is 2.52 bits per heavy atom. The monoisotopic (exact) mass is 388 g/mol. The molecule has 27 heavy (non-hydrogen) atoms. The van der Waals surface area contributed by atoms with Gasteiger partial charge in [-0.05, 0) is 48.8 Å². The lowest BCUT2D eigenvalue weighted by atomic mass is 9.94. The topological polar surface area (TPSA) is 59.1 Å². The van der Waals surface area contributed by atoms with E-state index in [1.165, 1.54) is 13.5 Å². The lowest BCUT2D eigenvalue weighted by Crippen LogP contribution is -2.41. The molecule has 3 rings (SSSR count). The van der Waals surface area contributed by atoms with Crippen molar-refractivity contribution >= 4 is 35.3 Å². The fourth-order valence-electron chi connectivity index (χ4n) is 3.46. The Morgan fingerprint density at radius 2 is 1.89 bits per heavy atom. The van der Waals surface area contributed by atoms with E-state index in [1.807, 2.05) is 25.3 Å². The predicted molar refractivity (Wildman–Crippen MR) is 106 cm³/mol. The maximum atomic E-state index is 13.0. The first-order valence-electron chi connectivity index (χ1n) is 9.14. The van der Waals surface area contributed by atoms with Crippen LogP contribution < -0.4 is 4.74 Å². The molecule has 0 aromatic heterocycles. The smallest absolute Gasteiger partial charge is 0.343 e. The van der Waals surface area contributed by atoms with Gasteiger partial charge in [0, 0.05) is 13.1 Å². The summed E-state index contributed by atoms with van der Waals surface area (Å²) >= 11 is 5.53. The van der Waals surface area contributed by atoms with Crippen molar-refractivity contribution in [2.75, 3.05) is 20.8 Å². The van der Waals surface area contributed by atoms with Crippen molar-refractivity contribution in [1.82, 2.24) is 9.80 Å². The van der Waals surface area contributed by atoms with Gasteiger partial charge < -0.3 is 14.4 Å². The molecule has 2 fully saturated rings. The minimum atomic E-state index is -0.435. The van der Waals surface area contributed by atoms with Gasteiger partial charge in [0.05, 0.1) is 7.11 Å². The van der Waals surface area contributed by atoms with Crippen molar-refractivity contribution in [2.45, 2.75) is 38.1 Å². The summed E-state index contributed by atoms with van der Waals surface area (Å²) in [6.07, 6.45) is 7.38. The number of esters is 1. The van der Waals surface area contributed by atoms with Gasteiger partial charge in [0.15, 0.2) is 11.7 Å². The van der Waals surface area contributed by atoms with Crippen molar-refractivity contribution in [2.24, 2.45) is 0 Å². The number of hydrogen-bond acceptors (Lipinski definition) is 5. The summed E-state index contributed by atoms with van der Waals surface area (Å²) in [5.41, 5.74) is 1.44. The summed E-state index contributed by atoms with van der Waals surface area (Å²) in [5.74, 6) is 0.101. The van der Waals surface area contributed by atoms with Gasteiger partial charge in [0.2, 0.25) is 0 Å². The van der Waals surface area contributed by atoms with Crippen LogP contribution in [0.5, 0.6) is 5.75 Å². The molecule has 1 aliphatic heterocycles. The number of carbonyl (C=O) groups is 2. The zero-order chi connectivity index (χ0) is 19.4. The Kier molecular flexibility index (Phi) is 6.11. The van der Waals surface area contributed by atoms with E-state index in [-0.39, 0.29) is 18.6 Å². The highest BCUT2D eigenvalue weighted by atomic mass is 32.1. The lowest BCUT2D eigenvalue weighted by Gasteiger charge is -2.30. The van der Waals surface area contributed by atoms with E-state index in [0.717, 1.165) is 31.2 Å². The first-order chi connectivity index (χ1) is 13.0. The second kappa shape index (κ2) is 8.52. The van der Waals surface area contributed by atoms with Gasteiger partial charge in [-0.1, -0.05) is 31.4 Å². The Hall–Kier alpha value is -2.41. The Labute approximate surface area is 164 Å². The molecular weight excluding hydrogens is 364 g/mol. The highest BCUT2D eigenvalue weighted by molar-refractivity contribution is 7.80. The van der Waals surface area contributed by atoms with Crippen molar-refractivity contribution in [1.29, 1.82) is 0 Å². The molecule has 0 N–H and O–H groups in total. The SMILES string of the molecule is COC(=O)COc1ccc(C=C2C(=O)N(C3CCCCC3)C(=S)N2C)cc1. The van der Waals surface area contributed by atoms with Crippen LogP contribution in [-0.4, -0.2) is 53.6 Å². The third kappa shape index (κ3) is 4.30.